The molecule has 1 aliphatic heterocycles. The molecular formula is C20H26N6O2. The number of nitrogens with one attached hydrogen (secondary N) is 3. The zero-order valence-corrected chi connectivity index (χ0v) is 16.1. The second-order valence-electron chi connectivity index (χ2n) is 7.71. The third-order valence-corrected chi connectivity index (χ3v) is 5.55. The van der Waals surface area contributed by atoms with Crippen molar-refractivity contribution >= 4 is 17.6 Å². The highest BCUT2D eigenvalue weighted by molar-refractivity contribution is 5.89. The minimum absolute atomic E-state index is 0.190. The Morgan fingerprint density at radius 3 is 2.68 bits per heavy atom. The Balaban J connectivity index is 1.25. The molecule has 3 N–H and O–H groups in total. The first-order valence-corrected chi connectivity index (χ1v) is 9.92. The van der Waals surface area contributed by atoms with Crippen LogP contribution in [0.4, 0.5) is 10.5 Å². The largest absolute Gasteiger partial charge is 0.339 e. The number of H-pyrrole nitrogens is 1. The van der Waals surface area contributed by atoms with Crippen LogP contribution >= 0.6 is 0 Å². The summed E-state index contributed by atoms with van der Waals surface area (Å²) >= 11 is 0. The molecule has 2 heterocycles. The van der Waals surface area contributed by atoms with Crippen LogP contribution in [0.15, 0.2) is 24.3 Å². The van der Waals surface area contributed by atoms with Crippen LogP contribution < -0.4 is 10.6 Å². The van der Waals surface area contributed by atoms with Crippen LogP contribution in [0.25, 0.3) is 11.4 Å². The summed E-state index contributed by atoms with van der Waals surface area (Å²) in [5.41, 5.74) is 1.58. The molecule has 0 bridgehead atoms. The van der Waals surface area contributed by atoms with E-state index in [4.69, 9.17) is 0 Å². The highest BCUT2D eigenvalue weighted by Gasteiger charge is 2.35. The van der Waals surface area contributed by atoms with Crippen LogP contribution in [0.1, 0.15) is 37.9 Å². The van der Waals surface area contributed by atoms with E-state index in [-0.39, 0.29) is 17.9 Å². The molecule has 1 aliphatic carbocycles. The van der Waals surface area contributed by atoms with E-state index >= 15 is 0 Å². The monoisotopic (exact) mass is 382 g/mol. The summed E-state index contributed by atoms with van der Waals surface area (Å²) in [4.78, 5) is 30.8. The summed E-state index contributed by atoms with van der Waals surface area (Å²) in [5.74, 6) is 1.81. The molecular weight excluding hydrogens is 356 g/mol. The van der Waals surface area contributed by atoms with Gasteiger partial charge in [-0.25, -0.2) is 9.78 Å². The van der Waals surface area contributed by atoms with E-state index < -0.39 is 0 Å². The number of hydrogen-bond donors (Lipinski definition) is 3. The number of hydrogen-bond acceptors (Lipinski definition) is 4. The van der Waals surface area contributed by atoms with Crippen LogP contribution in [-0.2, 0) is 4.79 Å². The van der Waals surface area contributed by atoms with E-state index in [1.807, 2.05) is 36.1 Å². The van der Waals surface area contributed by atoms with E-state index in [9.17, 15) is 9.59 Å². The lowest BCUT2D eigenvalue weighted by molar-refractivity contribution is -0.129. The van der Waals surface area contributed by atoms with Crippen molar-refractivity contribution in [2.75, 3.05) is 18.4 Å². The lowest BCUT2D eigenvalue weighted by atomic mass is 10.1. The average molecular weight is 382 g/mol. The Bertz CT molecular complexity index is 841. The smallest absolute Gasteiger partial charge is 0.319 e. The van der Waals surface area contributed by atoms with Crippen LogP contribution in [-0.4, -0.2) is 51.2 Å². The number of carbonyl (C=O) groups excluding carboxylic acids is 2. The number of carbonyl (C=O) groups is 2. The fourth-order valence-corrected chi connectivity index (χ4v) is 4.10. The normalized spacial score (nSPS) is 20.0. The number of likely N-dealkylation sites (tertiary alicyclic amines) is 1. The average Bonchev–Trinajstić information content (AvgIpc) is 3.42. The van der Waals surface area contributed by atoms with E-state index in [1.165, 1.54) is 12.8 Å². The van der Waals surface area contributed by atoms with Crippen LogP contribution in [0.5, 0.6) is 0 Å². The number of benzene rings is 1. The van der Waals surface area contributed by atoms with Gasteiger partial charge in [-0.15, -0.1) is 0 Å². The molecule has 2 aliphatic rings. The van der Waals surface area contributed by atoms with Crippen molar-refractivity contribution in [2.24, 2.45) is 5.92 Å². The Morgan fingerprint density at radius 1 is 1.25 bits per heavy atom. The molecule has 8 heteroatoms. The summed E-state index contributed by atoms with van der Waals surface area (Å²) in [5, 5.41) is 12.7. The van der Waals surface area contributed by atoms with Gasteiger partial charge in [0.2, 0.25) is 5.91 Å². The molecule has 0 radical (unpaired) electrons. The number of aromatic amines is 1. The second-order valence-corrected chi connectivity index (χ2v) is 7.71. The molecule has 1 atom stereocenters. The third kappa shape index (κ3) is 4.16. The number of aryl methyl sites for hydroxylation is 1. The molecule has 28 heavy (non-hydrogen) atoms. The first-order valence-electron chi connectivity index (χ1n) is 9.92. The summed E-state index contributed by atoms with van der Waals surface area (Å²) in [6, 6.07) is 7.54. The number of aromatic nitrogens is 3. The molecule has 2 aromatic rings. The van der Waals surface area contributed by atoms with Crippen molar-refractivity contribution in [1.29, 1.82) is 0 Å². The third-order valence-electron chi connectivity index (χ3n) is 5.55. The van der Waals surface area contributed by atoms with Gasteiger partial charge >= 0.3 is 6.03 Å². The summed E-state index contributed by atoms with van der Waals surface area (Å²) in [6.07, 6.45) is 5.20. The fraction of sp³-hybridized carbons (Fsp3) is 0.500. The van der Waals surface area contributed by atoms with Gasteiger partial charge in [-0.1, -0.05) is 12.8 Å². The molecule has 1 saturated heterocycles. The maximum atomic E-state index is 12.2. The van der Waals surface area contributed by atoms with Crippen molar-refractivity contribution in [2.45, 2.75) is 45.1 Å². The quantitative estimate of drug-likeness (QED) is 0.740. The predicted molar refractivity (Wildman–Crippen MR) is 106 cm³/mol. The summed E-state index contributed by atoms with van der Waals surface area (Å²) in [6.45, 7) is 3.12. The van der Waals surface area contributed by atoms with Crippen LogP contribution in [0.2, 0.25) is 0 Å². The number of urea groups is 1. The first kappa shape index (κ1) is 18.5. The number of rotatable bonds is 5. The molecule has 2 fully saturated rings. The molecule has 0 unspecified atom stereocenters. The standard InChI is InChI=1S/C20H26N6O2/c1-13-22-19(25-24-13)15-6-8-16(9-7-15)23-20(28)21-11-14-10-18(27)26(12-14)17-4-2-3-5-17/h6-9,14,17H,2-5,10-12H2,1H3,(H2,21,23,28)(H,22,24,25)/t14-/m1/s1. The minimum atomic E-state index is -0.256. The maximum Gasteiger partial charge on any atom is 0.319 e. The zero-order chi connectivity index (χ0) is 19.5. The van der Waals surface area contributed by atoms with E-state index in [2.05, 4.69) is 25.8 Å². The minimum Gasteiger partial charge on any atom is -0.339 e. The van der Waals surface area contributed by atoms with Crippen molar-refractivity contribution in [3.8, 4) is 11.4 Å². The Hall–Kier alpha value is -2.90. The number of nitrogens with zero attached hydrogens (tertiary/aromatic N) is 3. The Kier molecular flexibility index (Phi) is 5.27. The van der Waals surface area contributed by atoms with Crippen molar-refractivity contribution < 1.29 is 9.59 Å². The van der Waals surface area contributed by atoms with Gasteiger partial charge in [-0.05, 0) is 44.0 Å². The van der Waals surface area contributed by atoms with Gasteiger partial charge in [-0.2, -0.15) is 5.10 Å². The summed E-state index contributed by atoms with van der Waals surface area (Å²) in [7, 11) is 0. The molecule has 148 valence electrons. The van der Waals surface area contributed by atoms with E-state index in [0.717, 1.165) is 30.8 Å². The van der Waals surface area contributed by atoms with Crippen molar-refractivity contribution in [1.82, 2.24) is 25.4 Å². The topological polar surface area (TPSA) is 103 Å². The Labute approximate surface area is 164 Å². The molecule has 1 aromatic heterocycles. The number of anilines is 1. The summed E-state index contributed by atoms with van der Waals surface area (Å²) < 4.78 is 0. The highest BCUT2D eigenvalue weighted by Crippen LogP contribution is 2.29. The molecule has 1 saturated carbocycles. The Morgan fingerprint density at radius 2 is 2.00 bits per heavy atom. The lowest BCUT2D eigenvalue weighted by Crippen LogP contribution is -2.36. The highest BCUT2D eigenvalue weighted by atomic mass is 16.2. The second kappa shape index (κ2) is 8.00. The maximum absolute atomic E-state index is 12.2. The molecule has 0 spiro atoms. The van der Waals surface area contributed by atoms with E-state index in [1.54, 1.807) is 0 Å². The predicted octanol–water partition coefficient (Wildman–Crippen LogP) is 2.69. The first-order chi connectivity index (χ1) is 13.6. The molecule has 4 rings (SSSR count). The van der Waals surface area contributed by atoms with Crippen molar-refractivity contribution in [3.05, 3.63) is 30.1 Å². The fourth-order valence-electron chi connectivity index (χ4n) is 4.10. The number of amides is 3. The zero-order valence-electron chi connectivity index (χ0n) is 16.1. The SMILES string of the molecule is Cc1nc(-c2ccc(NC(=O)NC[C@H]3CC(=O)N(C4CCCC4)C3)cc2)n[nH]1. The lowest BCUT2D eigenvalue weighted by Gasteiger charge is -2.24. The van der Waals surface area contributed by atoms with Gasteiger partial charge < -0.3 is 15.5 Å². The van der Waals surface area contributed by atoms with Crippen molar-refractivity contribution in [3.63, 3.8) is 0 Å². The van der Waals surface area contributed by atoms with Crippen LogP contribution in [0, 0.1) is 12.8 Å². The molecule has 3 amide bonds. The molecule has 8 nitrogen and oxygen atoms in total. The van der Waals surface area contributed by atoms with Gasteiger partial charge in [0.1, 0.15) is 5.82 Å². The van der Waals surface area contributed by atoms with Gasteiger partial charge in [0, 0.05) is 42.7 Å². The van der Waals surface area contributed by atoms with Crippen LogP contribution in [0.3, 0.4) is 0 Å². The van der Waals surface area contributed by atoms with E-state index in [0.29, 0.717) is 30.5 Å². The van der Waals surface area contributed by atoms with Gasteiger partial charge in [0.15, 0.2) is 5.82 Å². The van der Waals surface area contributed by atoms with Gasteiger partial charge in [0.25, 0.3) is 0 Å². The molecule has 1 aromatic carbocycles. The van der Waals surface area contributed by atoms with Gasteiger partial charge in [0.05, 0.1) is 0 Å². The van der Waals surface area contributed by atoms with Gasteiger partial charge in [-0.3, -0.25) is 9.89 Å².